The van der Waals surface area contributed by atoms with E-state index >= 15 is 0 Å². The summed E-state index contributed by atoms with van der Waals surface area (Å²) in [7, 11) is 0. The zero-order valence-corrected chi connectivity index (χ0v) is 12.1. The van der Waals surface area contributed by atoms with Crippen molar-refractivity contribution in [1.82, 2.24) is 0 Å². The van der Waals surface area contributed by atoms with Gasteiger partial charge in [0.2, 0.25) is 0 Å². The van der Waals surface area contributed by atoms with Gasteiger partial charge in [0.15, 0.2) is 11.6 Å². The van der Waals surface area contributed by atoms with Gasteiger partial charge in [-0.3, -0.25) is 9.59 Å². The van der Waals surface area contributed by atoms with Crippen LogP contribution in [-0.2, 0) is 4.79 Å². The van der Waals surface area contributed by atoms with E-state index in [0.29, 0.717) is 22.5 Å². The van der Waals surface area contributed by atoms with Gasteiger partial charge in [0.25, 0.3) is 0 Å². The number of allylic oxidation sites excluding steroid dienone is 2. The zero-order valence-electron chi connectivity index (χ0n) is 12.1. The number of benzene rings is 1. The van der Waals surface area contributed by atoms with E-state index in [1.54, 1.807) is 36.4 Å². The smallest absolute Gasteiger partial charge is 0.197 e. The Balaban J connectivity index is 2.17. The second-order valence-electron chi connectivity index (χ2n) is 5.24. The normalized spacial score (nSPS) is 14.2. The molecule has 0 amide bonds. The fraction of sp³-hybridized carbons (Fsp3) is 0.167. The first-order valence-electron chi connectivity index (χ1n) is 7.04. The van der Waals surface area contributed by atoms with Crippen molar-refractivity contribution in [2.24, 2.45) is 0 Å². The predicted octanol–water partition coefficient (Wildman–Crippen LogP) is 3.48. The summed E-state index contributed by atoms with van der Waals surface area (Å²) in [6, 6.07) is 10.1. The molecule has 1 aromatic carbocycles. The summed E-state index contributed by atoms with van der Waals surface area (Å²) in [5, 5.41) is 0. The summed E-state index contributed by atoms with van der Waals surface area (Å²) < 4.78 is 5.33. The van der Waals surface area contributed by atoms with Gasteiger partial charge in [0, 0.05) is 23.1 Å². The van der Waals surface area contributed by atoms with Gasteiger partial charge in [-0.25, -0.2) is 0 Å². The Hall–Kier alpha value is -2.75. The van der Waals surface area contributed by atoms with Crippen LogP contribution in [0.4, 0.5) is 0 Å². The van der Waals surface area contributed by atoms with Gasteiger partial charge < -0.3 is 9.21 Å². The summed E-state index contributed by atoms with van der Waals surface area (Å²) in [5.41, 5.74) is 1.40. The maximum Gasteiger partial charge on any atom is 0.197 e. The Bertz CT molecular complexity index is 794. The van der Waals surface area contributed by atoms with Crippen molar-refractivity contribution in [2.75, 3.05) is 0 Å². The molecule has 0 fully saturated rings. The van der Waals surface area contributed by atoms with Crippen LogP contribution in [-0.4, -0.2) is 17.3 Å². The van der Waals surface area contributed by atoms with Crippen LogP contribution >= 0.6 is 0 Å². The maximum absolute atomic E-state index is 12.8. The summed E-state index contributed by atoms with van der Waals surface area (Å²) in [4.78, 5) is 36.7. The van der Waals surface area contributed by atoms with Crippen LogP contribution in [0.1, 0.15) is 46.2 Å². The molecule has 0 unspecified atom stereocenters. The van der Waals surface area contributed by atoms with E-state index in [-0.39, 0.29) is 35.8 Å². The van der Waals surface area contributed by atoms with Gasteiger partial charge in [0.1, 0.15) is 11.5 Å². The van der Waals surface area contributed by atoms with Gasteiger partial charge in [-0.2, -0.15) is 0 Å². The lowest BCUT2D eigenvalue weighted by Gasteiger charge is -2.19. The molecule has 1 aliphatic carbocycles. The highest BCUT2D eigenvalue weighted by atomic mass is 16.3. The molecule has 0 saturated heterocycles. The molecular weight excluding hydrogens is 280 g/mol. The molecule has 0 spiro atoms. The van der Waals surface area contributed by atoms with E-state index in [0.717, 1.165) is 0 Å². The van der Waals surface area contributed by atoms with Crippen molar-refractivity contribution >= 4 is 22.9 Å². The Labute approximate surface area is 127 Å². The van der Waals surface area contributed by atoms with Crippen LogP contribution in [0.5, 0.6) is 0 Å². The number of rotatable bonds is 4. The molecule has 1 aliphatic rings. The second-order valence-corrected chi connectivity index (χ2v) is 5.24. The molecule has 110 valence electrons. The molecule has 1 aromatic heterocycles. The van der Waals surface area contributed by atoms with E-state index in [1.165, 1.54) is 13.2 Å². The van der Waals surface area contributed by atoms with Crippen molar-refractivity contribution in [1.29, 1.82) is 0 Å². The lowest BCUT2D eigenvalue weighted by molar-refractivity contribution is -0.116. The number of hydrogen-bond acceptors (Lipinski definition) is 4. The minimum absolute atomic E-state index is 0.0228. The van der Waals surface area contributed by atoms with E-state index in [4.69, 9.17) is 4.42 Å². The number of Topliss-reactive ketones (excluding diaryl/α,β-unsaturated/α-hetero) is 3. The monoisotopic (exact) mass is 294 g/mol. The molecule has 0 saturated carbocycles. The molecular formula is C18H14O4. The molecule has 1 heterocycles. The van der Waals surface area contributed by atoms with Crippen molar-refractivity contribution in [2.45, 2.75) is 19.8 Å². The standard InChI is InChI=1S/C18H14O4/c1-11(19)8-9-14-16(15-7-4-10-22-15)18(21)13-6-3-2-5-12(13)17(14)20/h2-7,10H,8-9H2,1H3. The van der Waals surface area contributed by atoms with Crippen molar-refractivity contribution < 1.29 is 18.8 Å². The minimum Gasteiger partial charge on any atom is -0.464 e. The number of ketones is 3. The molecule has 0 bridgehead atoms. The molecule has 0 N–H and O–H groups in total. The topological polar surface area (TPSA) is 64.3 Å². The van der Waals surface area contributed by atoms with Crippen LogP contribution in [0.3, 0.4) is 0 Å². The van der Waals surface area contributed by atoms with Gasteiger partial charge >= 0.3 is 0 Å². The number of fused-ring (bicyclic) bond motifs is 1. The molecule has 4 heteroatoms. The van der Waals surface area contributed by atoms with Gasteiger partial charge in [-0.1, -0.05) is 24.3 Å². The van der Waals surface area contributed by atoms with Gasteiger partial charge in [-0.15, -0.1) is 0 Å². The van der Waals surface area contributed by atoms with E-state index in [2.05, 4.69) is 0 Å². The average molecular weight is 294 g/mol. The molecule has 0 radical (unpaired) electrons. The first kappa shape index (κ1) is 14.2. The Morgan fingerprint density at radius 1 is 1.00 bits per heavy atom. The second kappa shape index (κ2) is 5.56. The van der Waals surface area contributed by atoms with E-state index in [9.17, 15) is 14.4 Å². The largest absolute Gasteiger partial charge is 0.464 e. The third kappa shape index (κ3) is 2.33. The molecule has 0 atom stereocenters. The summed E-state index contributed by atoms with van der Waals surface area (Å²) in [5.74, 6) is -0.0941. The minimum atomic E-state index is -0.233. The highest BCUT2D eigenvalue weighted by Gasteiger charge is 2.33. The van der Waals surface area contributed by atoms with Gasteiger partial charge in [-0.05, 0) is 25.5 Å². The Morgan fingerprint density at radius 3 is 2.27 bits per heavy atom. The Morgan fingerprint density at radius 2 is 1.68 bits per heavy atom. The third-order valence-electron chi connectivity index (χ3n) is 3.71. The van der Waals surface area contributed by atoms with Crippen molar-refractivity contribution in [3.05, 3.63) is 65.1 Å². The SMILES string of the molecule is CC(=O)CCC1=C(c2ccco2)C(=O)c2ccccc2C1=O. The first-order chi connectivity index (χ1) is 10.6. The lowest BCUT2D eigenvalue weighted by atomic mass is 9.81. The first-order valence-corrected chi connectivity index (χ1v) is 7.04. The number of furan rings is 1. The van der Waals surface area contributed by atoms with Crippen LogP contribution in [0.15, 0.2) is 52.7 Å². The predicted molar refractivity (Wildman–Crippen MR) is 80.6 cm³/mol. The highest BCUT2D eigenvalue weighted by molar-refractivity contribution is 6.40. The van der Waals surface area contributed by atoms with Crippen LogP contribution in [0.25, 0.3) is 5.57 Å². The summed E-state index contributed by atoms with van der Waals surface area (Å²) >= 11 is 0. The number of carbonyl (C=O) groups excluding carboxylic acids is 3. The van der Waals surface area contributed by atoms with E-state index in [1.807, 2.05) is 0 Å². The molecule has 4 nitrogen and oxygen atoms in total. The van der Waals surface area contributed by atoms with Gasteiger partial charge in [0.05, 0.1) is 11.8 Å². The molecule has 22 heavy (non-hydrogen) atoms. The van der Waals surface area contributed by atoms with Crippen molar-refractivity contribution in [3.63, 3.8) is 0 Å². The maximum atomic E-state index is 12.8. The fourth-order valence-electron chi connectivity index (χ4n) is 2.65. The zero-order chi connectivity index (χ0) is 15.7. The van der Waals surface area contributed by atoms with Crippen LogP contribution < -0.4 is 0 Å². The highest BCUT2D eigenvalue weighted by Crippen LogP contribution is 2.34. The lowest BCUT2D eigenvalue weighted by Crippen LogP contribution is -2.21. The summed E-state index contributed by atoms with van der Waals surface area (Å²) in [6.45, 7) is 1.47. The molecule has 0 aliphatic heterocycles. The van der Waals surface area contributed by atoms with Crippen molar-refractivity contribution in [3.8, 4) is 0 Å². The Kier molecular flexibility index (Phi) is 3.59. The van der Waals surface area contributed by atoms with E-state index < -0.39 is 0 Å². The quantitative estimate of drug-likeness (QED) is 0.866. The number of carbonyl (C=O) groups is 3. The fourth-order valence-corrected chi connectivity index (χ4v) is 2.65. The summed E-state index contributed by atoms with van der Waals surface area (Å²) in [6.07, 6.45) is 1.92. The molecule has 3 rings (SSSR count). The molecule has 2 aromatic rings. The van der Waals surface area contributed by atoms with Crippen LogP contribution in [0, 0.1) is 0 Å². The van der Waals surface area contributed by atoms with Crippen LogP contribution in [0.2, 0.25) is 0 Å². The average Bonchev–Trinajstić information content (AvgIpc) is 3.03. The number of hydrogen-bond donors (Lipinski definition) is 0. The third-order valence-corrected chi connectivity index (χ3v) is 3.71.